The number of ketones is 2. The minimum atomic E-state index is -0.917. The molecular formula is C33H32N6O10. The molecule has 0 saturated heterocycles. The van der Waals surface area contributed by atoms with Crippen molar-refractivity contribution in [3.63, 3.8) is 0 Å². The summed E-state index contributed by atoms with van der Waals surface area (Å²) in [5, 5.41) is 12.8. The second-order valence-corrected chi connectivity index (χ2v) is 10.0. The molecule has 0 bridgehead atoms. The molecule has 0 heterocycles. The van der Waals surface area contributed by atoms with Crippen molar-refractivity contribution in [2.75, 3.05) is 42.8 Å². The Hall–Kier alpha value is -6.71. The summed E-state index contributed by atoms with van der Waals surface area (Å²) in [6.07, 6.45) is 0. The van der Waals surface area contributed by atoms with Crippen molar-refractivity contribution in [2.24, 2.45) is 10.2 Å². The third kappa shape index (κ3) is 9.65. The highest BCUT2D eigenvalue weighted by molar-refractivity contribution is 6.67. The monoisotopic (exact) mass is 672 g/mol. The number of hydrazone groups is 2. The normalized spacial score (nSPS) is 11.1. The Morgan fingerprint density at radius 2 is 0.959 bits per heavy atom. The summed E-state index contributed by atoms with van der Waals surface area (Å²) < 4.78 is 14.2. The van der Waals surface area contributed by atoms with E-state index in [0.717, 1.165) is 26.5 Å². The molecule has 0 saturated carbocycles. The van der Waals surface area contributed by atoms with E-state index in [-0.39, 0.29) is 39.4 Å². The lowest BCUT2D eigenvalue weighted by atomic mass is 10.1. The molecule has 0 radical (unpaired) electrons. The number of benzene rings is 3. The first kappa shape index (κ1) is 36.8. The van der Waals surface area contributed by atoms with Crippen LogP contribution in [-0.4, -0.2) is 74.0 Å². The maximum Gasteiger partial charge on any atom is 0.340 e. The zero-order valence-electron chi connectivity index (χ0n) is 27.3. The Morgan fingerprint density at radius 3 is 1.37 bits per heavy atom. The highest BCUT2D eigenvalue weighted by Crippen LogP contribution is 2.21. The van der Waals surface area contributed by atoms with Gasteiger partial charge in [-0.1, -0.05) is 6.07 Å². The van der Waals surface area contributed by atoms with Gasteiger partial charge in [-0.2, -0.15) is 10.2 Å². The predicted octanol–water partition coefficient (Wildman–Crippen LogP) is 3.35. The molecule has 0 aliphatic rings. The van der Waals surface area contributed by atoms with Gasteiger partial charge in [-0.3, -0.25) is 30.0 Å². The van der Waals surface area contributed by atoms with Gasteiger partial charge in [-0.25, -0.2) is 14.4 Å². The van der Waals surface area contributed by atoms with E-state index in [0.29, 0.717) is 0 Å². The lowest BCUT2D eigenvalue weighted by Crippen LogP contribution is -2.30. The average molecular weight is 673 g/mol. The molecule has 0 spiro atoms. The van der Waals surface area contributed by atoms with Crippen molar-refractivity contribution in [1.82, 2.24) is 0 Å². The number of ether oxygens (including phenoxy) is 3. The number of nitrogens with one attached hydrogen (secondary N) is 4. The quantitative estimate of drug-likeness (QED) is 0.0675. The Morgan fingerprint density at radius 1 is 0.551 bits per heavy atom. The van der Waals surface area contributed by atoms with Gasteiger partial charge in [-0.05, 0) is 67.1 Å². The minimum absolute atomic E-state index is 0.0327. The fraction of sp³-hybridized carbons (Fsp3) is 0.182. The lowest BCUT2D eigenvalue weighted by molar-refractivity contribution is -0.116. The molecule has 0 aliphatic carbocycles. The van der Waals surface area contributed by atoms with Gasteiger partial charge in [0.25, 0.3) is 11.8 Å². The summed E-state index contributed by atoms with van der Waals surface area (Å²) in [4.78, 5) is 86.7. The first-order valence-corrected chi connectivity index (χ1v) is 14.2. The Kier molecular flexibility index (Phi) is 12.6. The minimum Gasteiger partial charge on any atom is -0.465 e. The van der Waals surface area contributed by atoms with Crippen LogP contribution in [0.5, 0.6) is 0 Å². The third-order valence-electron chi connectivity index (χ3n) is 6.50. The van der Waals surface area contributed by atoms with E-state index >= 15 is 0 Å². The molecule has 0 aromatic heterocycles. The number of carbonyl (C=O) groups excluding carboxylic acids is 7. The van der Waals surface area contributed by atoms with E-state index in [1.54, 1.807) is 19.1 Å². The number of aryl methyl sites for hydroxylation is 1. The smallest absolute Gasteiger partial charge is 0.340 e. The first-order valence-electron chi connectivity index (χ1n) is 14.2. The molecule has 3 aromatic carbocycles. The number of amides is 2. The van der Waals surface area contributed by atoms with Crippen LogP contribution in [0.1, 0.15) is 50.5 Å². The van der Waals surface area contributed by atoms with E-state index in [9.17, 15) is 33.6 Å². The highest BCUT2D eigenvalue weighted by Gasteiger charge is 2.21. The van der Waals surface area contributed by atoms with Gasteiger partial charge in [0.15, 0.2) is 23.0 Å². The van der Waals surface area contributed by atoms with Gasteiger partial charge in [0, 0.05) is 25.2 Å². The molecule has 4 N–H and O–H groups in total. The molecule has 0 aliphatic heterocycles. The molecule has 2 amide bonds. The van der Waals surface area contributed by atoms with Gasteiger partial charge in [0.2, 0.25) is 0 Å². The Balaban J connectivity index is 1.76. The van der Waals surface area contributed by atoms with Crippen LogP contribution in [0.25, 0.3) is 0 Å². The lowest BCUT2D eigenvalue weighted by Gasteiger charge is -2.11. The van der Waals surface area contributed by atoms with Gasteiger partial charge < -0.3 is 24.8 Å². The van der Waals surface area contributed by atoms with E-state index < -0.39 is 52.7 Å². The van der Waals surface area contributed by atoms with Crippen LogP contribution in [0.3, 0.4) is 0 Å². The summed E-state index contributed by atoms with van der Waals surface area (Å²) in [5.74, 6) is -5.29. The van der Waals surface area contributed by atoms with Crippen LogP contribution in [0, 0.1) is 6.92 Å². The molecule has 0 atom stereocenters. The van der Waals surface area contributed by atoms with Crippen LogP contribution in [0.4, 0.5) is 22.7 Å². The van der Waals surface area contributed by atoms with E-state index in [1.165, 1.54) is 62.8 Å². The number of carbonyl (C=O) groups is 7. The zero-order chi connectivity index (χ0) is 36.2. The summed E-state index contributed by atoms with van der Waals surface area (Å²) in [6.45, 7) is 4.02. The fourth-order valence-electron chi connectivity index (χ4n) is 4.04. The number of anilines is 4. The van der Waals surface area contributed by atoms with Crippen LogP contribution >= 0.6 is 0 Å². The van der Waals surface area contributed by atoms with Crippen molar-refractivity contribution in [1.29, 1.82) is 0 Å². The number of hydrogen-bond acceptors (Lipinski definition) is 14. The highest BCUT2D eigenvalue weighted by atomic mass is 16.5. The fourth-order valence-corrected chi connectivity index (χ4v) is 4.04. The molecule has 16 heteroatoms. The second-order valence-electron chi connectivity index (χ2n) is 10.0. The first-order chi connectivity index (χ1) is 23.3. The standard InChI is InChI=1S/C33H32N6O10/c1-17-7-13-23(32(45)48-5)25(15-17)36-38-27(18(2)40)29(42)34-21-9-11-22(12-10-21)35-30(43)28(19(3)41)39-37-26-16-20(31(44)47-4)8-14-24(26)33(46)49-6/h7-16,36-37H,1-6H3,(H,34,42)(H,35,43)/b38-27+,39-28+. The molecule has 49 heavy (non-hydrogen) atoms. The van der Waals surface area contributed by atoms with Crippen molar-refractivity contribution >= 4 is 75.5 Å². The maximum atomic E-state index is 13.0. The summed E-state index contributed by atoms with van der Waals surface area (Å²) in [6, 6.07) is 14.3. The number of hydrogen-bond donors (Lipinski definition) is 4. The van der Waals surface area contributed by atoms with Gasteiger partial charge in [-0.15, -0.1) is 0 Å². The topological polar surface area (TPSA) is 220 Å². The number of methoxy groups -OCH3 is 3. The van der Waals surface area contributed by atoms with E-state index in [1.807, 2.05) is 0 Å². The number of Topliss-reactive ketones (excluding diaryl/α,β-unsaturated/α-hetero) is 2. The molecule has 0 unspecified atom stereocenters. The van der Waals surface area contributed by atoms with Crippen LogP contribution < -0.4 is 21.5 Å². The Bertz CT molecular complexity index is 1880. The van der Waals surface area contributed by atoms with Gasteiger partial charge in [0.1, 0.15) is 0 Å². The van der Waals surface area contributed by atoms with Crippen LogP contribution in [0.15, 0.2) is 70.9 Å². The number of rotatable bonds is 13. The van der Waals surface area contributed by atoms with E-state index in [2.05, 4.69) is 36.4 Å². The van der Waals surface area contributed by atoms with Crippen molar-refractivity contribution in [2.45, 2.75) is 20.8 Å². The van der Waals surface area contributed by atoms with Gasteiger partial charge in [0.05, 0.1) is 49.4 Å². The van der Waals surface area contributed by atoms with Crippen molar-refractivity contribution < 1.29 is 47.8 Å². The second kappa shape index (κ2) is 16.7. The van der Waals surface area contributed by atoms with Crippen molar-refractivity contribution in [3.8, 4) is 0 Å². The molecule has 3 aromatic rings. The number of esters is 3. The van der Waals surface area contributed by atoms with Gasteiger partial charge >= 0.3 is 17.9 Å². The van der Waals surface area contributed by atoms with Crippen molar-refractivity contribution in [3.05, 3.63) is 82.9 Å². The molecule has 0 fully saturated rings. The number of nitrogens with zero attached hydrogens (tertiary/aromatic N) is 2. The average Bonchev–Trinajstić information content (AvgIpc) is 3.07. The third-order valence-corrected chi connectivity index (χ3v) is 6.50. The molecule has 16 nitrogen and oxygen atoms in total. The molecule has 254 valence electrons. The largest absolute Gasteiger partial charge is 0.465 e. The maximum absolute atomic E-state index is 13.0. The van der Waals surface area contributed by atoms with Crippen LogP contribution in [-0.2, 0) is 33.4 Å². The SMILES string of the molecule is COC(=O)c1ccc(C(=O)OC)c(N/N=C(\C(C)=O)C(=O)Nc2ccc(NC(=O)/C(=N/Nc3cc(C)ccc3C(=O)OC)C(C)=O)cc2)c1. The van der Waals surface area contributed by atoms with Crippen LogP contribution in [0.2, 0.25) is 0 Å². The summed E-state index contributed by atoms with van der Waals surface area (Å²) in [7, 11) is 3.54. The van der Waals surface area contributed by atoms with E-state index in [4.69, 9.17) is 9.47 Å². The Labute approximate surface area is 279 Å². The predicted molar refractivity (Wildman–Crippen MR) is 179 cm³/mol. The summed E-state index contributed by atoms with van der Waals surface area (Å²) >= 11 is 0. The summed E-state index contributed by atoms with van der Waals surface area (Å²) in [5.41, 5.74) is 5.56. The zero-order valence-corrected chi connectivity index (χ0v) is 27.3. The molecule has 3 rings (SSSR count). The molecular weight excluding hydrogens is 640 g/mol.